The molecule has 0 aliphatic carbocycles. The molecular formula is C13H12BNO3. The van der Waals surface area contributed by atoms with Crippen molar-refractivity contribution < 1.29 is 14.8 Å². The van der Waals surface area contributed by atoms with Crippen LogP contribution in [0.5, 0.6) is 0 Å². The van der Waals surface area contributed by atoms with Crippen molar-refractivity contribution in [3.05, 3.63) is 60.2 Å². The van der Waals surface area contributed by atoms with Gasteiger partial charge in [-0.2, -0.15) is 0 Å². The molecule has 0 fully saturated rings. The summed E-state index contributed by atoms with van der Waals surface area (Å²) >= 11 is 0. The zero-order chi connectivity index (χ0) is 13.0. The van der Waals surface area contributed by atoms with E-state index in [0.717, 1.165) is 0 Å². The SMILES string of the molecule is O=C(Nc1ccccc1)c1ccc(B(O)O)cc1. The molecule has 0 radical (unpaired) electrons. The number of carbonyl (C=O) groups is 1. The van der Waals surface area contributed by atoms with Crippen LogP contribution in [-0.2, 0) is 0 Å². The number of rotatable bonds is 3. The Hall–Kier alpha value is -2.11. The molecule has 0 unspecified atom stereocenters. The van der Waals surface area contributed by atoms with Crippen LogP contribution in [-0.4, -0.2) is 23.1 Å². The fourth-order valence-electron chi connectivity index (χ4n) is 1.53. The summed E-state index contributed by atoms with van der Waals surface area (Å²) in [5.41, 5.74) is 1.53. The summed E-state index contributed by atoms with van der Waals surface area (Å²) in [6.45, 7) is 0. The third kappa shape index (κ3) is 2.97. The number of nitrogens with one attached hydrogen (secondary N) is 1. The van der Waals surface area contributed by atoms with Crippen LogP contribution < -0.4 is 10.8 Å². The number of carbonyl (C=O) groups excluding carboxylic acids is 1. The van der Waals surface area contributed by atoms with Gasteiger partial charge in [0.2, 0.25) is 0 Å². The van der Waals surface area contributed by atoms with Gasteiger partial charge in [0.25, 0.3) is 5.91 Å². The molecule has 0 saturated heterocycles. The van der Waals surface area contributed by atoms with Crippen LogP contribution in [0.4, 0.5) is 5.69 Å². The first-order valence-corrected chi connectivity index (χ1v) is 5.49. The van der Waals surface area contributed by atoms with Crippen LogP contribution >= 0.6 is 0 Å². The lowest BCUT2D eigenvalue weighted by Gasteiger charge is -2.05. The van der Waals surface area contributed by atoms with E-state index in [1.54, 1.807) is 24.3 Å². The fourth-order valence-corrected chi connectivity index (χ4v) is 1.53. The highest BCUT2D eigenvalue weighted by molar-refractivity contribution is 6.58. The molecule has 0 aromatic heterocycles. The maximum Gasteiger partial charge on any atom is 0.488 e. The minimum absolute atomic E-state index is 0.236. The standard InChI is InChI=1S/C13H12BNO3/c16-13(15-12-4-2-1-3-5-12)10-6-8-11(9-7-10)14(17)18/h1-9,17-18H,(H,15,16). The summed E-state index contributed by atoms with van der Waals surface area (Å²) in [6.07, 6.45) is 0. The Kier molecular flexibility index (Phi) is 3.77. The molecule has 5 heteroatoms. The number of anilines is 1. The Morgan fingerprint density at radius 3 is 2.11 bits per heavy atom. The van der Waals surface area contributed by atoms with Crippen molar-refractivity contribution in [3.8, 4) is 0 Å². The lowest BCUT2D eigenvalue weighted by Crippen LogP contribution is -2.29. The third-order valence-corrected chi connectivity index (χ3v) is 2.50. The minimum Gasteiger partial charge on any atom is -0.423 e. The molecule has 0 aliphatic rings. The van der Waals surface area contributed by atoms with E-state index in [1.165, 1.54) is 12.1 Å². The lowest BCUT2D eigenvalue weighted by atomic mass is 9.80. The third-order valence-electron chi connectivity index (χ3n) is 2.50. The maximum atomic E-state index is 11.9. The Balaban J connectivity index is 2.10. The van der Waals surface area contributed by atoms with E-state index in [4.69, 9.17) is 10.0 Å². The molecule has 18 heavy (non-hydrogen) atoms. The molecule has 1 amide bonds. The molecule has 0 aliphatic heterocycles. The first-order chi connectivity index (χ1) is 8.66. The number of benzene rings is 2. The van der Waals surface area contributed by atoms with E-state index in [1.807, 2.05) is 18.2 Å². The van der Waals surface area contributed by atoms with Crippen LogP contribution in [0.1, 0.15) is 10.4 Å². The molecular weight excluding hydrogens is 229 g/mol. The van der Waals surface area contributed by atoms with Crippen LogP contribution in [0, 0.1) is 0 Å². The Labute approximate surface area is 105 Å². The predicted octanol–water partition coefficient (Wildman–Crippen LogP) is 0.619. The van der Waals surface area contributed by atoms with E-state index in [2.05, 4.69) is 5.32 Å². The van der Waals surface area contributed by atoms with Gasteiger partial charge < -0.3 is 15.4 Å². The summed E-state index contributed by atoms with van der Waals surface area (Å²) in [5.74, 6) is -0.236. The molecule has 2 rings (SSSR count). The second-order valence-corrected chi connectivity index (χ2v) is 3.82. The van der Waals surface area contributed by atoms with Gasteiger partial charge in [-0.25, -0.2) is 0 Å². The van der Waals surface area contributed by atoms with Crippen LogP contribution in [0.25, 0.3) is 0 Å². The van der Waals surface area contributed by atoms with Gasteiger partial charge in [-0.15, -0.1) is 0 Å². The Bertz CT molecular complexity index is 526. The normalized spacial score (nSPS) is 9.89. The summed E-state index contributed by atoms with van der Waals surface area (Å²) < 4.78 is 0. The van der Waals surface area contributed by atoms with Gasteiger partial charge in [0, 0.05) is 11.3 Å². The van der Waals surface area contributed by atoms with E-state index in [-0.39, 0.29) is 5.91 Å². The Morgan fingerprint density at radius 2 is 1.56 bits per heavy atom. The molecule has 0 spiro atoms. The maximum absolute atomic E-state index is 11.9. The minimum atomic E-state index is -1.52. The molecule has 4 nitrogen and oxygen atoms in total. The van der Waals surface area contributed by atoms with Crippen molar-refractivity contribution in [2.24, 2.45) is 0 Å². The number of amides is 1. The fraction of sp³-hybridized carbons (Fsp3) is 0. The van der Waals surface area contributed by atoms with Crippen molar-refractivity contribution in [1.29, 1.82) is 0 Å². The average Bonchev–Trinajstić information content (AvgIpc) is 2.40. The van der Waals surface area contributed by atoms with Crippen molar-refractivity contribution in [3.63, 3.8) is 0 Å². The summed E-state index contributed by atoms with van der Waals surface area (Å²) in [7, 11) is -1.52. The zero-order valence-corrected chi connectivity index (χ0v) is 9.58. The molecule has 3 N–H and O–H groups in total. The second-order valence-electron chi connectivity index (χ2n) is 3.82. The van der Waals surface area contributed by atoms with Gasteiger partial charge >= 0.3 is 7.12 Å². The lowest BCUT2D eigenvalue weighted by molar-refractivity contribution is 0.102. The van der Waals surface area contributed by atoms with Crippen LogP contribution in [0.3, 0.4) is 0 Å². The monoisotopic (exact) mass is 241 g/mol. The van der Waals surface area contributed by atoms with Gasteiger partial charge in [0.05, 0.1) is 0 Å². The number of para-hydroxylation sites is 1. The topological polar surface area (TPSA) is 69.6 Å². The molecule has 0 atom stereocenters. The quantitative estimate of drug-likeness (QED) is 0.690. The second kappa shape index (κ2) is 5.49. The summed E-state index contributed by atoms with van der Waals surface area (Å²) in [5, 5.41) is 20.6. The van der Waals surface area contributed by atoms with Gasteiger partial charge in [0.15, 0.2) is 0 Å². The molecule has 0 heterocycles. The predicted molar refractivity (Wildman–Crippen MR) is 70.7 cm³/mol. The number of hydrogen-bond acceptors (Lipinski definition) is 3. The van der Waals surface area contributed by atoms with Crippen LogP contribution in [0.2, 0.25) is 0 Å². The molecule has 0 bridgehead atoms. The number of hydrogen-bond donors (Lipinski definition) is 3. The highest BCUT2D eigenvalue weighted by Crippen LogP contribution is 2.07. The molecule has 2 aromatic carbocycles. The van der Waals surface area contributed by atoms with Crippen molar-refractivity contribution in [2.45, 2.75) is 0 Å². The van der Waals surface area contributed by atoms with Crippen molar-refractivity contribution >= 4 is 24.2 Å². The highest BCUT2D eigenvalue weighted by Gasteiger charge is 2.11. The zero-order valence-electron chi connectivity index (χ0n) is 9.58. The van der Waals surface area contributed by atoms with E-state index < -0.39 is 7.12 Å². The van der Waals surface area contributed by atoms with E-state index >= 15 is 0 Å². The molecule has 2 aromatic rings. The summed E-state index contributed by atoms with van der Waals surface area (Å²) in [4.78, 5) is 11.9. The smallest absolute Gasteiger partial charge is 0.423 e. The molecule has 90 valence electrons. The van der Waals surface area contributed by atoms with Gasteiger partial charge in [-0.1, -0.05) is 30.3 Å². The first-order valence-electron chi connectivity index (χ1n) is 5.49. The van der Waals surface area contributed by atoms with Gasteiger partial charge in [-0.05, 0) is 29.7 Å². The Morgan fingerprint density at radius 1 is 0.944 bits per heavy atom. The highest BCUT2D eigenvalue weighted by atomic mass is 16.4. The van der Waals surface area contributed by atoms with Gasteiger partial charge in [0.1, 0.15) is 0 Å². The van der Waals surface area contributed by atoms with Gasteiger partial charge in [-0.3, -0.25) is 4.79 Å². The summed E-state index contributed by atoms with van der Waals surface area (Å²) in [6, 6.07) is 15.2. The van der Waals surface area contributed by atoms with Crippen molar-refractivity contribution in [2.75, 3.05) is 5.32 Å². The van der Waals surface area contributed by atoms with E-state index in [0.29, 0.717) is 16.7 Å². The first kappa shape index (κ1) is 12.4. The average molecular weight is 241 g/mol. The largest absolute Gasteiger partial charge is 0.488 e. The van der Waals surface area contributed by atoms with Crippen LogP contribution in [0.15, 0.2) is 54.6 Å². The van der Waals surface area contributed by atoms with Crippen molar-refractivity contribution in [1.82, 2.24) is 0 Å². The van der Waals surface area contributed by atoms with E-state index in [9.17, 15) is 4.79 Å². The molecule has 0 saturated carbocycles.